The van der Waals surface area contributed by atoms with Crippen molar-refractivity contribution < 1.29 is 9.72 Å². The molecule has 24 heavy (non-hydrogen) atoms. The van der Waals surface area contributed by atoms with Crippen LogP contribution in [-0.4, -0.2) is 15.4 Å². The number of aromatic nitrogens is 1. The second kappa shape index (κ2) is 6.16. The van der Waals surface area contributed by atoms with Crippen LogP contribution in [0.25, 0.3) is 10.9 Å². The molecule has 0 saturated heterocycles. The molecule has 6 heteroatoms. The minimum Gasteiger partial charge on any atom is -0.348 e. The third kappa shape index (κ3) is 2.99. The van der Waals surface area contributed by atoms with Crippen LogP contribution in [-0.2, 0) is 13.6 Å². The van der Waals surface area contributed by atoms with Gasteiger partial charge in [0.15, 0.2) is 0 Å². The normalized spacial score (nSPS) is 10.8. The quantitative estimate of drug-likeness (QED) is 0.591. The van der Waals surface area contributed by atoms with Gasteiger partial charge in [0, 0.05) is 47.9 Å². The first kappa shape index (κ1) is 15.7. The van der Waals surface area contributed by atoms with Crippen molar-refractivity contribution in [2.45, 2.75) is 13.5 Å². The highest BCUT2D eigenvalue weighted by molar-refractivity contribution is 5.94. The SMILES string of the molecule is Cc1cc2cc(CNC(=O)c3ccc([N+](=O)[O-])cc3)ccc2n1C. The number of fused-ring (bicyclic) bond motifs is 1. The number of nitro benzene ring substituents is 1. The summed E-state index contributed by atoms with van der Waals surface area (Å²) >= 11 is 0. The smallest absolute Gasteiger partial charge is 0.269 e. The summed E-state index contributed by atoms with van der Waals surface area (Å²) in [5.41, 5.74) is 3.70. The number of rotatable bonds is 4. The number of amides is 1. The third-order valence-corrected chi connectivity index (χ3v) is 4.14. The van der Waals surface area contributed by atoms with Crippen molar-refractivity contribution in [3.63, 3.8) is 0 Å². The molecule has 1 heterocycles. The van der Waals surface area contributed by atoms with E-state index in [1.165, 1.54) is 30.0 Å². The molecule has 1 aromatic heterocycles. The van der Waals surface area contributed by atoms with Gasteiger partial charge in [-0.05, 0) is 42.8 Å². The van der Waals surface area contributed by atoms with Crippen LogP contribution in [0.3, 0.4) is 0 Å². The summed E-state index contributed by atoms with van der Waals surface area (Å²) in [6, 6.07) is 13.7. The number of hydrogen-bond acceptors (Lipinski definition) is 3. The van der Waals surface area contributed by atoms with Crippen molar-refractivity contribution in [1.29, 1.82) is 0 Å². The second-order valence-corrected chi connectivity index (χ2v) is 5.72. The first-order valence-corrected chi connectivity index (χ1v) is 7.53. The lowest BCUT2D eigenvalue weighted by atomic mass is 10.1. The minimum absolute atomic E-state index is 0.0311. The summed E-state index contributed by atoms with van der Waals surface area (Å²) in [6.45, 7) is 2.45. The molecule has 1 amide bonds. The molecule has 0 atom stereocenters. The van der Waals surface area contributed by atoms with Crippen LogP contribution in [0.1, 0.15) is 21.6 Å². The van der Waals surface area contributed by atoms with Gasteiger partial charge in [-0.2, -0.15) is 0 Å². The number of nitrogens with zero attached hydrogens (tertiary/aromatic N) is 2. The Kier molecular flexibility index (Phi) is 4.04. The van der Waals surface area contributed by atoms with Gasteiger partial charge in [-0.1, -0.05) is 6.07 Å². The molecule has 0 spiro atoms. The maximum Gasteiger partial charge on any atom is 0.269 e. The van der Waals surface area contributed by atoms with Crippen LogP contribution in [0.15, 0.2) is 48.5 Å². The van der Waals surface area contributed by atoms with Gasteiger partial charge in [0.2, 0.25) is 0 Å². The van der Waals surface area contributed by atoms with E-state index < -0.39 is 4.92 Å². The van der Waals surface area contributed by atoms with Crippen molar-refractivity contribution >= 4 is 22.5 Å². The van der Waals surface area contributed by atoms with Crippen LogP contribution >= 0.6 is 0 Å². The summed E-state index contributed by atoms with van der Waals surface area (Å²) in [4.78, 5) is 22.3. The van der Waals surface area contributed by atoms with Crippen LogP contribution in [0, 0.1) is 17.0 Å². The van der Waals surface area contributed by atoms with Crippen LogP contribution in [0.4, 0.5) is 5.69 Å². The summed E-state index contributed by atoms with van der Waals surface area (Å²) in [5, 5.41) is 14.6. The van der Waals surface area contributed by atoms with Gasteiger partial charge in [0.25, 0.3) is 11.6 Å². The molecule has 122 valence electrons. The molecule has 0 fully saturated rings. The van der Waals surface area contributed by atoms with E-state index in [-0.39, 0.29) is 11.6 Å². The fraction of sp³-hybridized carbons (Fsp3) is 0.167. The van der Waals surface area contributed by atoms with E-state index >= 15 is 0 Å². The van der Waals surface area contributed by atoms with Gasteiger partial charge in [0.05, 0.1) is 4.92 Å². The predicted molar refractivity (Wildman–Crippen MR) is 91.9 cm³/mol. The molecule has 1 N–H and O–H groups in total. The van der Waals surface area contributed by atoms with Gasteiger partial charge >= 0.3 is 0 Å². The number of non-ortho nitro benzene ring substituents is 1. The molecule has 0 unspecified atom stereocenters. The van der Waals surface area contributed by atoms with E-state index in [0.29, 0.717) is 12.1 Å². The Labute approximate surface area is 138 Å². The molecule has 2 aromatic carbocycles. The van der Waals surface area contributed by atoms with Gasteiger partial charge in [0.1, 0.15) is 0 Å². The van der Waals surface area contributed by atoms with E-state index in [2.05, 4.69) is 28.9 Å². The predicted octanol–water partition coefficient (Wildman–Crippen LogP) is 3.32. The number of benzene rings is 2. The average molecular weight is 323 g/mol. The highest BCUT2D eigenvalue weighted by Gasteiger charge is 2.09. The second-order valence-electron chi connectivity index (χ2n) is 5.72. The maximum absolute atomic E-state index is 12.1. The van der Waals surface area contributed by atoms with Crippen molar-refractivity contribution in [1.82, 2.24) is 9.88 Å². The fourth-order valence-electron chi connectivity index (χ4n) is 2.67. The average Bonchev–Trinajstić information content (AvgIpc) is 2.86. The van der Waals surface area contributed by atoms with Crippen molar-refractivity contribution in [2.24, 2.45) is 7.05 Å². The number of nitrogens with one attached hydrogen (secondary N) is 1. The van der Waals surface area contributed by atoms with Crippen molar-refractivity contribution in [2.75, 3.05) is 0 Å². The molecular formula is C18H17N3O3. The molecule has 0 radical (unpaired) electrons. The molecule has 0 aliphatic carbocycles. The van der Waals surface area contributed by atoms with Crippen LogP contribution in [0.5, 0.6) is 0 Å². The number of carbonyl (C=O) groups is 1. The Morgan fingerprint density at radius 3 is 2.54 bits per heavy atom. The number of hydrogen-bond donors (Lipinski definition) is 1. The summed E-state index contributed by atoms with van der Waals surface area (Å²) in [5.74, 6) is -0.255. The highest BCUT2D eigenvalue weighted by Crippen LogP contribution is 2.20. The summed E-state index contributed by atoms with van der Waals surface area (Å²) < 4.78 is 2.12. The van der Waals surface area contributed by atoms with E-state index in [1.807, 2.05) is 19.2 Å². The Bertz CT molecular complexity index is 927. The Balaban J connectivity index is 1.70. The number of carbonyl (C=O) groups excluding carboxylic acids is 1. The summed E-state index contributed by atoms with van der Waals surface area (Å²) in [6.07, 6.45) is 0. The molecule has 0 aliphatic heterocycles. The molecule has 0 aliphatic rings. The summed E-state index contributed by atoms with van der Waals surface area (Å²) in [7, 11) is 2.02. The minimum atomic E-state index is -0.487. The van der Waals surface area contributed by atoms with Gasteiger partial charge in [-0.15, -0.1) is 0 Å². The topological polar surface area (TPSA) is 77.2 Å². The van der Waals surface area contributed by atoms with Crippen molar-refractivity contribution in [3.05, 3.63) is 75.5 Å². The van der Waals surface area contributed by atoms with Gasteiger partial charge < -0.3 is 9.88 Å². The lowest BCUT2D eigenvalue weighted by Crippen LogP contribution is -2.22. The zero-order chi connectivity index (χ0) is 17.3. The molecule has 3 aromatic rings. The first-order valence-electron chi connectivity index (χ1n) is 7.53. The van der Waals surface area contributed by atoms with Crippen LogP contribution < -0.4 is 5.32 Å². The molecular weight excluding hydrogens is 306 g/mol. The third-order valence-electron chi connectivity index (χ3n) is 4.14. The highest BCUT2D eigenvalue weighted by atomic mass is 16.6. The van der Waals surface area contributed by atoms with E-state index in [4.69, 9.17) is 0 Å². The Hall–Kier alpha value is -3.15. The Morgan fingerprint density at radius 1 is 1.17 bits per heavy atom. The number of nitro groups is 1. The monoisotopic (exact) mass is 323 g/mol. The van der Waals surface area contributed by atoms with Crippen LogP contribution in [0.2, 0.25) is 0 Å². The first-order chi connectivity index (χ1) is 11.5. The zero-order valence-corrected chi connectivity index (χ0v) is 13.4. The zero-order valence-electron chi connectivity index (χ0n) is 13.4. The van der Waals surface area contributed by atoms with Crippen molar-refractivity contribution in [3.8, 4) is 0 Å². The molecule has 0 saturated carbocycles. The number of aryl methyl sites for hydroxylation is 2. The standard InChI is InChI=1S/C18H17N3O3/c1-12-9-15-10-13(3-8-17(15)20(12)2)11-19-18(22)14-4-6-16(7-5-14)21(23)24/h3-10H,11H2,1-2H3,(H,19,22). The van der Waals surface area contributed by atoms with Gasteiger partial charge in [-0.3, -0.25) is 14.9 Å². The van der Waals surface area contributed by atoms with E-state index in [0.717, 1.165) is 16.5 Å². The van der Waals surface area contributed by atoms with E-state index in [9.17, 15) is 14.9 Å². The lowest BCUT2D eigenvalue weighted by molar-refractivity contribution is -0.384. The van der Waals surface area contributed by atoms with Gasteiger partial charge in [-0.25, -0.2) is 0 Å². The fourth-order valence-corrected chi connectivity index (χ4v) is 2.67. The maximum atomic E-state index is 12.1. The molecule has 3 rings (SSSR count). The molecule has 0 bridgehead atoms. The largest absolute Gasteiger partial charge is 0.348 e. The molecule has 6 nitrogen and oxygen atoms in total. The van der Waals surface area contributed by atoms with E-state index in [1.54, 1.807) is 0 Å². The lowest BCUT2D eigenvalue weighted by Gasteiger charge is -2.06. The Morgan fingerprint density at radius 2 is 1.88 bits per heavy atom.